The van der Waals surface area contributed by atoms with Crippen LogP contribution < -0.4 is 5.32 Å². The summed E-state index contributed by atoms with van der Waals surface area (Å²) in [7, 11) is 0. The highest BCUT2D eigenvalue weighted by atomic mass is 16.1. The molecule has 0 saturated heterocycles. The molecule has 0 bridgehead atoms. The number of hydrogen-bond donors (Lipinski definition) is 1. The van der Waals surface area contributed by atoms with E-state index in [1.165, 1.54) is 6.08 Å². The van der Waals surface area contributed by atoms with Gasteiger partial charge in [-0.15, -0.1) is 11.8 Å². The smallest absolute Gasteiger partial charge is 0.244 e. The van der Waals surface area contributed by atoms with Crippen LogP contribution in [0.4, 0.5) is 0 Å². The zero-order chi connectivity index (χ0) is 11.6. The predicted molar refractivity (Wildman–Crippen MR) is 66.6 cm³/mol. The molecule has 2 heteroatoms. The molecule has 0 aliphatic rings. The number of hydrogen-bond acceptors (Lipinski definition) is 1. The van der Waals surface area contributed by atoms with Gasteiger partial charge in [0.15, 0.2) is 0 Å². The first-order valence-electron chi connectivity index (χ1n) is 5.23. The van der Waals surface area contributed by atoms with Gasteiger partial charge in [-0.1, -0.05) is 30.3 Å². The molecule has 1 aromatic carbocycles. The number of benzene rings is 1. The number of carbonyl (C=O) groups is 1. The van der Waals surface area contributed by atoms with Crippen molar-refractivity contribution in [2.24, 2.45) is 0 Å². The number of amides is 1. The van der Waals surface area contributed by atoms with Crippen molar-refractivity contribution >= 4 is 12.0 Å². The van der Waals surface area contributed by atoms with Crippen molar-refractivity contribution in [2.45, 2.75) is 13.3 Å². The van der Waals surface area contributed by atoms with Gasteiger partial charge >= 0.3 is 0 Å². The molecular formula is C14H15NO. The number of rotatable bonds is 4. The minimum atomic E-state index is -0.0817. The Kier molecular flexibility index (Phi) is 5.51. The van der Waals surface area contributed by atoms with Crippen LogP contribution in [0.3, 0.4) is 0 Å². The van der Waals surface area contributed by atoms with Gasteiger partial charge in [0.25, 0.3) is 0 Å². The Bertz CT molecular complexity index is 409. The molecule has 1 rings (SSSR count). The zero-order valence-electron chi connectivity index (χ0n) is 9.36. The minimum absolute atomic E-state index is 0.0817. The van der Waals surface area contributed by atoms with Crippen molar-refractivity contribution in [1.82, 2.24) is 5.32 Å². The first-order chi connectivity index (χ1) is 7.83. The highest BCUT2D eigenvalue weighted by molar-refractivity contribution is 5.91. The van der Waals surface area contributed by atoms with Crippen LogP contribution in [0.15, 0.2) is 36.4 Å². The molecule has 0 unspecified atom stereocenters. The summed E-state index contributed by atoms with van der Waals surface area (Å²) in [5.74, 6) is 5.59. The second kappa shape index (κ2) is 7.30. The Morgan fingerprint density at radius 1 is 1.38 bits per heavy atom. The summed E-state index contributed by atoms with van der Waals surface area (Å²) < 4.78 is 0. The van der Waals surface area contributed by atoms with Crippen LogP contribution in [0, 0.1) is 11.8 Å². The van der Waals surface area contributed by atoms with Gasteiger partial charge in [0.1, 0.15) is 0 Å². The molecule has 1 aromatic rings. The molecule has 0 atom stereocenters. The molecule has 0 aromatic heterocycles. The first-order valence-corrected chi connectivity index (χ1v) is 5.23. The van der Waals surface area contributed by atoms with Crippen LogP contribution in [0.5, 0.6) is 0 Å². The predicted octanol–water partition coefficient (Wildman–Crippen LogP) is 2.23. The molecule has 82 valence electrons. The zero-order valence-corrected chi connectivity index (χ0v) is 9.36. The summed E-state index contributed by atoms with van der Waals surface area (Å²) >= 11 is 0. The molecule has 1 N–H and O–H groups in total. The Morgan fingerprint density at radius 2 is 2.12 bits per heavy atom. The third-order valence-electron chi connectivity index (χ3n) is 1.95. The van der Waals surface area contributed by atoms with E-state index >= 15 is 0 Å². The van der Waals surface area contributed by atoms with Crippen molar-refractivity contribution in [2.75, 3.05) is 6.54 Å². The summed E-state index contributed by atoms with van der Waals surface area (Å²) in [5.41, 5.74) is 1.02. The lowest BCUT2D eigenvalue weighted by molar-refractivity contribution is -0.116. The Hall–Kier alpha value is -2.01. The van der Waals surface area contributed by atoms with Crippen molar-refractivity contribution in [3.05, 3.63) is 42.0 Å². The van der Waals surface area contributed by atoms with Crippen LogP contribution in [-0.4, -0.2) is 12.5 Å². The molecule has 0 spiro atoms. The first kappa shape index (κ1) is 12.1. The summed E-state index contributed by atoms with van der Waals surface area (Å²) in [6.45, 7) is 2.38. The quantitative estimate of drug-likeness (QED) is 0.464. The number of carbonyl (C=O) groups excluding carboxylic acids is 1. The standard InChI is InChI=1S/C14H15NO/c1-2-3-7-12-15-14(16)11-10-13-8-5-4-6-9-13/h4-6,8-11H,7,12H2,1H3,(H,15,16)/b11-10+. The van der Waals surface area contributed by atoms with E-state index in [4.69, 9.17) is 0 Å². The SMILES string of the molecule is CC#CCCNC(=O)/C=C/c1ccccc1. The molecule has 0 saturated carbocycles. The topological polar surface area (TPSA) is 29.1 Å². The van der Waals surface area contributed by atoms with E-state index in [-0.39, 0.29) is 5.91 Å². The lowest BCUT2D eigenvalue weighted by atomic mass is 10.2. The van der Waals surface area contributed by atoms with E-state index in [1.54, 1.807) is 13.0 Å². The van der Waals surface area contributed by atoms with E-state index in [1.807, 2.05) is 30.3 Å². The molecule has 0 aliphatic carbocycles. The molecule has 0 heterocycles. The summed E-state index contributed by atoms with van der Waals surface area (Å²) in [4.78, 5) is 11.3. The van der Waals surface area contributed by atoms with Crippen molar-refractivity contribution < 1.29 is 4.79 Å². The van der Waals surface area contributed by atoms with Gasteiger partial charge in [-0.2, -0.15) is 0 Å². The highest BCUT2D eigenvalue weighted by Crippen LogP contribution is 2.00. The van der Waals surface area contributed by atoms with Gasteiger partial charge in [-0.25, -0.2) is 0 Å². The fraction of sp³-hybridized carbons (Fsp3) is 0.214. The Labute approximate surface area is 96.4 Å². The van der Waals surface area contributed by atoms with Gasteiger partial charge < -0.3 is 5.32 Å². The van der Waals surface area contributed by atoms with Crippen LogP contribution in [0.25, 0.3) is 6.08 Å². The maximum Gasteiger partial charge on any atom is 0.244 e. The van der Waals surface area contributed by atoms with Crippen LogP contribution in [-0.2, 0) is 4.79 Å². The van der Waals surface area contributed by atoms with E-state index in [2.05, 4.69) is 17.2 Å². The Morgan fingerprint density at radius 3 is 2.81 bits per heavy atom. The van der Waals surface area contributed by atoms with Gasteiger partial charge in [-0.3, -0.25) is 4.79 Å². The molecule has 0 radical (unpaired) electrons. The summed E-state index contributed by atoms with van der Waals surface area (Å²) in [6.07, 6.45) is 4.02. The molecule has 0 aliphatic heterocycles. The monoisotopic (exact) mass is 213 g/mol. The van der Waals surface area contributed by atoms with Gasteiger partial charge in [0.2, 0.25) is 5.91 Å². The molecule has 1 amide bonds. The fourth-order valence-electron chi connectivity index (χ4n) is 1.17. The number of nitrogens with one attached hydrogen (secondary N) is 1. The average Bonchev–Trinajstić information content (AvgIpc) is 2.33. The van der Waals surface area contributed by atoms with Crippen molar-refractivity contribution in [3.8, 4) is 11.8 Å². The van der Waals surface area contributed by atoms with Crippen molar-refractivity contribution in [1.29, 1.82) is 0 Å². The highest BCUT2D eigenvalue weighted by Gasteiger charge is 1.92. The third-order valence-corrected chi connectivity index (χ3v) is 1.95. The molecule has 0 fully saturated rings. The van der Waals surface area contributed by atoms with E-state index in [0.717, 1.165) is 5.56 Å². The van der Waals surface area contributed by atoms with E-state index in [0.29, 0.717) is 13.0 Å². The minimum Gasteiger partial charge on any atom is -0.352 e. The molecule has 2 nitrogen and oxygen atoms in total. The van der Waals surface area contributed by atoms with Crippen molar-refractivity contribution in [3.63, 3.8) is 0 Å². The van der Waals surface area contributed by atoms with Crippen LogP contribution in [0.1, 0.15) is 18.9 Å². The second-order valence-electron chi connectivity index (χ2n) is 3.21. The molecule has 16 heavy (non-hydrogen) atoms. The third kappa shape index (κ3) is 5.02. The maximum atomic E-state index is 11.3. The van der Waals surface area contributed by atoms with E-state index < -0.39 is 0 Å². The van der Waals surface area contributed by atoms with Gasteiger partial charge in [0, 0.05) is 19.0 Å². The second-order valence-corrected chi connectivity index (χ2v) is 3.21. The largest absolute Gasteiger partial charge is 0.352 e. The summed E-state index contributed by atoms with van der Waals surface area (Å²) in [6, 6.07) is 9.72. The lowest BCUT2D eigenvalue weighted by Gasteiger charge is -1.97. The van der Waals surface area contributed by atoms with Gasteiger partial charge in [-0.05, 0) is 18.6 Å². The Balaban J connectivity index is 2.33. The van der Waals surface area contributed by atoms with Gasteiger partial charge in [0.05, 0.1) is 0 Å². The summed E-state index contributed by atoms with van der Waals surface area (Å²) in [5, 5.41) is 2.76. The maximum absolute atomic E-state index is 11.3. The van der Waals surface area contributed by atoms with E-state index in [9.17, 15) is 4.79 Å². The average molecular weight is 213 g/mol. The normalized spacial score (nSPS) is 9.56. The van der Waals surface area contributed by atoms with Crippen LogP contribution in [0.2, 0.25) is 0 Å². The fourth-order valence-corrected chi connectivity index (χ4v) is 1.17. The van der Waals surface area contributed by atoms with Crippen LogP contribution >= 0.6 is 0 Å². The lowest BCUT2D eigenvalue weighted by Crippen LogP contribution is -2.21. The molecular weight excluding hydrogens is 198 g/mol.